The number of ether oxygens (including phenoxy) is 6. The van der Waals surface area contributed by atoms with Crippen LogP contribution in [0.25, 0.3) is 0 Å². The fraction of sp³-hybridized carbons (Fsp3) is 0.789. The van der Waals surface area contributed by atoms with Crippen LogP contribution in [0, 0.1) is 0 Å². The van der Waals surface area contributed by atoms with E-state index in [-0.39, 0.29) is 24.6 Å². The highest BCUT2D eigenvalue weighted by atomic mass is 16.7. The fourth-order valence-electron chi connectivity index (χ4n) is 2.65. The molecular formula is C19H31NO8. The van der Waals surface area contributed by atoms with E-state index in [2.05, 4.69) is 0 Å². The van der Waals surface area contributed by atoms with E-state index in [1.807, 2.05) is 0 Å². The Balaban J connectivity index is 1.25. The topological polar surface area (TPSA) is 92.8 Å². The van der Waals surface area contributed by atoms with Crippen LogP contribution in [0.4, 0.5) is 0 Å². The van der Waals surface area contributed by atoms with E-state index >= 15 is 0 Å². The van der Waals surface area contributed by atoms with Gasteiger partial charge in [-0.2, -0.15) is 0 Å². The first-order chi connectivity index (χ1) is 13.8. The molecule has 2 aliphatic rings. The van der Waals surface area contributed by atoms with Gasteiger partial charge in [0.25, 0.3) is 11.8 Å². The smallest absolute Gasteiger partial charge is 0.253 e. The molecule has 1 saturated heterocycles. The molecule has 2 heterocycles. The number of carbonyl (C=O) groups excluding carboxylic acids is 2. The maximum absolute atomic E-state index is 11.3. The van der Waals surface area contributed by atoms with Gasteiger partial charge in [-0.1, -0.05) is 0 Å². The maximum Gasteiger partial charge on any atom is 0.253 e. The lowest BCUT2D eigenvalue weighted by Gasteiger charge is -2.22. The zero-order valence-corrected chi connectivity index (χ0v) is 16.3. The van der Waals surface area contributed by atoms with Gasteiger partial charge in [0.05, 0.1) is 66.0 Å². The molecular weight excluding hydrogens is 370 g/mol. The molecule has 1 atom stereocenters. The van der Waals surface area contributed by atoms with Crippen LogP contribution in [-0.2, 0) is 38.0 Å². The van der Waals surface area contributed by atoms with Gasteiger partial charge in [0.15, 0.2) is 6.29 Å². The number of rotatable bonds is 16. The van der Waals surface area contributed by atoms with Crippen molar-refractivity contribution in [2.45, 2.75) is 25.6 Å². The van der Waals surface area contributed by atoms with Crippen LogP contribution in [0.3, 0.4) is 0 Å². The minimum atomic E-state index is -0.295. The quantitative estimate of drug-likeness (QED) is 0.273. The largest absolute Gasteiger partial charge is 0.377 e. The van der Waals surface area contributed by atoms with Gasteiger partial charge < -0.3 is 28.4 Å². The van der Waals surface area contributed by atoms with Crippen LogP contribution in [-0.4, -0.2) is 95.6 Å². The van der Waals surface area contributed by atoms with Gasteiger partial charge in [-0.3, -0.25) is 14.5 Å². The van der Waals surface area contributed by atoms with Crippen molar-refractivity contribution in [2.75, 3.05) is 72.6 Å². The molecule has 2 aliphatic heterocycles. The summed E-state index contributed by atoms with van der Waals surface area (Å²) < 4.78 is 32.6. The van der Waals surface area contributed by atoms with Gasteiger partial charge in [0.1, 0.15) is 0 Å². The average molecular weight is 401 g/mol. The number of hydrogen-bond donors (Lipinski definition) is 0. The molecule has 0 aromatic rings. The summed E-state index contributed by atoms with van der Waals surface area (Å²) in [6.07, 6.45) is 5.69. The predicted octanol–water partition coefficient (Wildman–Crippen LogP) is 0.521. The molecule has 0 N–H and O–H groups in total. The lowest BCUT2D eigenvalue weighted by atomic mass is 10.2. The summed E-state index contributed by atoms with van der Waals surface area (Å²) in [7, 11) is 0. The molecule has 0 spiro atoms. The third-order valence-corrected chi connectivity index (χ3v) is 4.15. The Morgan fingerprint density at radius 1 is 0.786 bits per heavy atom. The first-order valence-electron chi connectivity index (χ1n) is 9.85. The first kappa shape index (κ1) is 22.9. The molecule has 1 fully saturated rings. The summed E-state index contributed by atoms with van der Waals surface area (Å²) >= 11 is 0. The van der Waals surface area contributed by atoms with Crippen LogP contribution in [0.2, 0.25) is 0 Å². The third kappa shape index (κ3) is 9.72. The summed E-state index contributed by atoms with van der Waals surface area (Å²) in [5.74, 6) is -0.589. The van der Waals surface area contributed by atoms with E-state index in [1.54, 1.807) is 0 Å². The van der Waals surface area contributed by atoms with Crippen molar-refractivity contribution in [1.82, 2.24) is 4.90 Å². The minimum absolute atomic E-state index is 0.0723. The molecule has 28 heavy (non-hydrogen) atoms. The van der Waals surface area contributed by atoms with Crippen molar-refractivity contribution in [3.05, 3.63) is 12.2 Å². The summed E-state index contributed by atoms with van der Waals surface area (Å²) in [6, 6.07) is 0. The van der Waals surface area contributed by atoms with Crippen molar-refractivity contribution in [2.24, 2.45) is 0 Å². The second-order valence-electron chi connectivity index (χ2n) is 6.28. The van der Waals surface area contributed by atoms with Gasteiger partial charge in [-0.25, -0.2) is 0 Å². The van der Waals surface area contributed by atoms with Crippen molar-refractivity contribution in [3.8, 4) is 0 Å². The third-order valence-electron chi connectivity index (χ3n) is 4.15. The van der Waals surface area contributed by atoms with Crippen LogP contribution in [0.1, 0.15) is 19.3 Å². The average Bonchev–Trinajstić information content (AvgIpc) is 3.03. The Morgan fingerprint density at radius 3 is 1.86 bits per heavy atom. The Hall–Kier alpha value is -1.36. The molecule has 0 radical (unpaired) electrons. The first-order valence-corrected chi connectivity index (χ1v) is 9.85. The summed E-state index contributed by atoms with van der Waals surface area (Å²) in [5, 5.41) is 0. The van der Waals surface area contributed by atoms with Gasteiger partial charge in [-0.05, 0) is 19.3 Å². The van der Waals surface area contributed by atoms with Gasteiger partial charge >= 0.3 is 0 Å². The molecule has 0 aromatic carbocycles. The molecule has 2 amide bonds. The zero-order valence-electron chi connectivity index (χ0n) is 16.3. The molecule has 160 valence electrons. The number of hydrogen-bond acceptors (Lipinski definition) is 8. The lowest BCUT2D eigenvalue weighted by Crippen LogP contribution is -2.33. The summed E-state index contributed by atoms with van der Waals surface area (Å²) in [6.45, 7) is 5.21. The molecule has 9 nitrogen and oxygen atoms in total. The van der Waals surface area contributed by atoms with E-state index in [1.165, 1.54) is 12.2 Å². The predicted molar refractivity (Wildman–Crippen MR) is 98.7 cm³/mol. The van der Waals surface area contributed by atoms with Crippen molar-refractivity contribution >= 4 is 11.8 Å². The Kier molecular flexibility index (Phi) is 12.0. The Bertz CT molecular complexity index is 461. The maximum atomic E-state index is 11.3. The Labute approximate surface area is 165 Å². The van der Waals surface area contributed by atoms with Crippen molar-refractivity contribution in [3.63, 3.8) is 0 Å². The zero-order chi connectivity index (χ0) is 19.9. The van der Waals surface area contributed by atoms with E-state index < -0.39 is 0 Å². The molecule has 0 saturated carbocycles. The number of carbonyl (C=O) groups is 2. The second kappa shape index (κ2) is 14.6. The van der Waals surface area contributed by atoms with E-state index in [4.69, 9.17) is 28.4 Å². The minimum Gasteiger partial charge on any atom is -0.377 e. The van der Waals surface area contributed by atoms with Crippen LogP contribution >= 0.6 is 0 Å². The van der Waals surface area contributed by atoms with E-state index in [0.29, 0.717) is 59.5 Å². The molecule has 1 unspecified atom stereocenters. The highest BCUT2D eigenvalue weighted by Crippen LogP contribution is 2.13. The normalized spacial score (nSPS) is 19.7. The monoisotopic (exact) mass is 401 g/mol. The molecule has 0 aliphatic carbocycles. The summed E-state index contributed by atoms with van der Waals surface area (Å²) in [5.41, 5.74) is 0. The highest BCUT2D eigenvalue weighted by Gasteiger charge is 2.22. The van der Waals surface area contributed by atoms with E-state index in [0.717, 1.165) is 30.8 Å². The van der Waals surface area contributed by atoms with Gasteiger partial charge in [0, 0.05) is 18.8 Å². The van der Waals surface area contributed by atoms with Crippen LogP contribution in [0.15, 0.2) is 12.2 Å². The van der Waals surface area contributed by atoms with Crippen LogP contribution < -0.4 is 0 Å². The summed E-state index contributed by atoms with van der Waals surface area (Å²) in [4.78, 5) is 23.8. The SMILES string of the molecule is O=C1C=CC(=O)N1CCOCCOCCOCCOCCOC1CCCCO1. The Morgan fingerprint density at radius 2 is 1.32 bits per heavy atom. The van der Waals surface area contributed by atoms with E-state index in [9.17, 15) is 9.59 Å². The van der Waals surface area contributed by atoms with Gasteiger partial charge in [-0.15, -0.1) is 0 Å². The van der Waals surface area contributed by atoms with Crippen molar-refractivity contribution in [1.29, 1.82) is 0 Å². The molecule has 2 rings (SSSR count). The molecule has 0 aromatic heterocycles. The fourth-order valence-corrected chi connectivity index (χ4v) is 2.65. The highest BCUT2D eigenvalue weighted by molar-refractivity contribution is 6.12. The van der Waals surface area contributed by atoms with Crippen LogP contribution in [0.5, 0.6) is 0 Å². The van der Waals surface area contributed by atoms with Gasteiger partial charge in [0.2, 0.25) is 0 Å². The second-order valence-corrected chi connectivity index (χ2v) is 6.28. The standard InChI is InChI=1S/C19H31NO8/c21-17-4-5-18(22)20(17)6-8-23-9-10-24-11-12-25-13-14-26-15-16-28-19-3-1-2-7-27-19/h4-5,19H,1-3,6-16H2. The number of imide groups is 1. The lowest BCUT2D eigenvalue weighted by molar-refractivity contribution is -0.169. The number of amides is 2. The molecule has 9 heteroatoms. The number of nitrogens with zero attached hydrogens (tertiary/aromatic N) is 1. The van der Waals surface area contributed by atoms with Crippen molar-refractivity contribution < 1.29 is 38.0 Å². The molecule has 0 bridgehead atoms.